The molecule has 0 fully saturated rings. The molecule has 0 saturated heterocycles. The molecular formula is C21H38NO2+. The average molecular weight is 337 g/mol. The highest BCUT2D eigenvalue weighted by molar-refractivity contribution is 5.13. The molecule has 0 aliphatic carbocycles. The van der Waals surface area contributed by atoms with Gasteiger partial charge in [0.15, 0.2) is 0 Å². The Morgan fingerprint density at radius 1 is 0.708 bits per heavy atom. The second-order valence-electron chi connectivity index (χ2n) is 7.08. The predicted molar refractivity (Wildman–Crippen MR) is 102 cm³/mol. The van der Waals surface area contributed by atoms with Gasteiger partial charge in [-0.2, -0.15) is 0 Å². The number of quaternary nitrogens is 1. The number of hydrogen-bond acceptors (Lipinski definition) is 2. The van der Waals surface area contributed by atoms with Crippen LogP contribution in [0.5, 0.6) is 0 Å². The van der Waals surface area contributed by atoms with Crippen LogP contribution in [0.3, 0.4) is 0 Å². The molecule has 1 rings (SSSR count). The van der Waals surface area contributed by atoms with Crippen LogP contribution in [-0.4, -0.2) is 47.5 Å². The molecule has 2 N–H and O–H groups in total. The van der Waals surface area contributed by atoms with Crippen LogP contribution in [0.25, 0.3) is 0 Å². The maximum Gasteiger partial charge on any atom is 0.104 e. The van der Waals surface area contributed by atoms with Gasteiger partial charge in [0, 0.05) is 5.56 Å². The van der Waals surface area contributed by atoms with E-state index >= 15 is 0 Å². The van der Waals surface area contributed by atoms with Crippen LogP contribution in [0.1, 0.15) is 63.9 Å². The van der Waals surface area contributed by atoms with Crippen LogP contribution in [0.2, 0.25) is 0 Å². The second kappa shape index (κ2) is 13.4. The Morgan fingerprint density at radius 3 is 1.79 bits per heavy atom. The molecule has 3 heteroatoms. The zero-order valence-corrected chi connectivity index (χ0v) is 15.6. The topological polar surface area (TPSA) is 40.5 Å². The Morgan fingerprint density at radius 2 is 1.25 bits per heavy atom. The van der Waals surface area contributed by atoms with E-state index in [0.29, 0.717) is 0 Å². The lowest BCUT2D eigenvalue weighted by Crippen LogP contribution is -2.51. The maximum absolute atomic E-state index is 9.53. The quantitative estimate of drug-likeness (QED) is 0.373. The summed E-state index contributed by atoms with van der Waals surface area (Å²) in [6, 6.07) is 10.5. The van der Waals surface area contributed by atoms with E-state index in [2.05, 4.69) is 31.2 Å². The van der Waals surface area contributed by atoms with Gasteiger partial charge in [-0.1, -0.05) is 75.8 Å². The van der Waals surface area contributed by atoms with E-state index in [9.17, 15) is 10.2 Å². The summed E-state index contributed by atoms with van der Waals surface area (Å²) >= 11 is 0. The lowest BCUT2D eigenvalue weighted by atomic mass is 10.1. The molecule has 0 atom stereocenters. The van der Waals surface area contributed by atoms with E-state index in [1.165, 1.54) is 56.9 Å². The molecule has 0 aliphatic heterocycles. The van der Waals surface area contributed by atoms with Crippen molar-refractivity contribution in [3.8, 4) is 0 Å². The summed E-state index contributed by atoms with van der Waals surface area (Å²) in [5.41, 5.74) is 1.29. The summed E-state index contributed by atoms with van der Waals surface area (Å²) in [7, 11) is 0. The molecule has 24 heavy (non-hydrogen) atoms. The molecule has 0 amide bonds. The predicted octanol–water partition coefficient (Wildman–Crippen LogP) is 4.13. The normalized spacial score (nSPS) is 11.8. The molecular weight excluding hydrogens is 298 g/mol. The van der Waals surface area contributed by atoms with Crippen LogP contribution in [0, 0.1) is 0 Å². The van der Waals surface area contributed by atoms with Crippen molar-refractivity contribution in [3.05, 3.63) is 35.9 Å². The van der Waals surface area contributed by atoms with Gasteiger partial charge in [0.05, 0.1) is 19.8 Å². The first-order valence-corrected chi connectivity index (χ1v) is 9.87. The minimum Gasteiger partial charge on any atom is -0.391 e. The zero-order valence-electron chi connectivity index (χ0n) is 15.6. The number of rotatable bonds is 15. The third kappa shape index (κ3) is 8.81. The average Bonchev–Trinajstić information content (AvgIpc) is 2.59. The third-order valence-corrected chi connectivity index (χ3v) is 5.00. The number of nitrogens with zero attached hydrogens (tertiary/aromatic N) is 1. The number of unbranched alkanes of at least 4 members (excludes halogenated alkanes) is 7. The molecule has 138 valence electrons. The van der Waals surface area contributed by atoms with Crippen LogP contribution in [0.4, 0.5) is 0 Å². The van der Waals surface area contributed by atoms with E-state index in [1.807, 2.05) is 6.07 Å². The van der Waals surface area contributed by atoms with E-state index in [0.717, 1.165) is 30.7 Å². The molecule has 0 unspecified atom stereocenters. The highest BCUT2D eigenvalue weighted by Gasteiger charge is 2.26. The Bertz CT molecular complexity index is 388. The Hall–Kier alpha value is -0.900. The van der Waals surface area contributed by atoms with Crippen LogP contribution < -0.4 is 0 Å². The largest absolute Gasteiger partial charge is 0.391 e. The number of aliphatic hydroxyl groups is 2. The first-order valence-electron chi connectivity index (χ1n) is 9.87. The van der Waals surface area contributed by atoms with Crippen molar-refractivity contribution in [1.82, 2.24) is 0 Å². The number of aliphatic hydroxyl groups excluding tert-OH is 2. The summed E-state index contributed by atoms with van der Waals surface area (Å²) in [4.78, 5) is 0. The van der Waals surface area contributed by atoms with E-state index < -0.39 is 0 Å². The van der Waals surface area contributed by atoms with Crippen molar-refractivity contribution in [2.45, 2.75) is 64.8 Å². The van der Waals surface area contributed by atoms with Gasteiger partial charge < -0.3 is 14.7 Å². The third-order valence-electron chi connectivity index (χ3n) is 5.00. The summed E-state index contributed by atoms with van der Waals surface area (Å²) in [5.74, 6) is 0. The van der Waals surface area contributed by atoms with Gasteiger partial charge in [-0.15, -0.1) is 0 Å². The summed E-state index contributed by atoms with van der Waals surface area (Å²) in [6.07, 6.45) is 10.5. The smallest absolute Gasteiger partial charge is 0.104 e. The van der Waals surface area contributed by atoms with Crippen LogP contribution >= 0.6 is 0 Å². The monoisotopic (exact) mass is 336 g/mol. The van der Waals surface area contributed by atoms with Crippen molar-refractivity contribution >= 4 is 0 Å². The lowest BCUT2D eigenvalue weighted by Gasteiger charge is -2.38. The number of benzene rings is 1. The van der Waals surface area contributed by atoms with Crippen molar-refractivity contribution in [2.24, 2.45) is 0 Å². The van der Waals surface area contributed by atoms with Crippen LogP contribution in [-0.2, 0) is 6.54 Å². The minimum absolute atomic E-state index is 0.184. The fourth-order valence-electron chi connectivity index (χ4n) is 3.55. The van der Waals surface area contributed by atoms with E-state index in [4.69, 9.17) is 0 Å². The maximum atomic E-state index is 9.53. The van der Waals surface area contributed by atoms with Gasteiger partial charge >= 0.3 is 0 Å². The van der Waals surface area contributed by atoms with Gasteiger partial charge in [0.1, 0.15) is 19.6 Å². The molecule has 0 heterocycles. The first kappa shape index (κ1) is 21.1. The molecule has 1 aromatic rings. The SMILES string of the molecule is CCCCCCCCCC[N+](CCO)(CCO)Cc1ccccc1. The lowest BCUT2D eigenvalue weighted by molar-refractivity contribution is -0.941. The van der Waals surface area contributed by atoms with E-state index in [-0.39, 0.29) is 13.2 Å². The van der Waals surface area contributed by atoms with Crippen LogP contribution in [0.15, 0.2) is 30.3 Å². The Balaban J connectivity index is 2.43. The van der Waals surface area contributed by atoms with Gasteiger partial charge in [0.2, 0.25) is 0 Å². The summed E-state index contributed by atoms with van der Waals surface area (Å²) in [5, 5.41) is 19.1. The van der Waals surface area contributed by atoms with Gasteiger partial charge in [-0.3, -0.25) is 0 Å². The molecule has 0 saturated carbocycles. The molecule has 0 aromatic heterocycles. The fourth-order valence-corrected chi connectivity index (χ4v) is 3.55. The van der Waals surface area contributed by atoms with Gasteiger partial charge in [-0.05, 0) is 12.8 Å². The van der Waals surface area contributed by atoms with Crippen molar-refractivity contribution < 1.29 is 14.7 Å². The van der Waals surface area contributed by atoms with Crippen molar-refractivity contribution in [3.63, 3.8) is 0 Å². The highest BCUT2D eigenvalue weighted by atomic mass is 16.3. The molecule has 3 nitrogen and oxygen atoms in total. The zero-order chi connectivity index (χ0) is 17.5. The Labute approximate surface area is 148 Å². The highest BCUT2D eigenvalue weighted by Crippen LogP contribution is 2.17. The van der Waals surface area contributed by atoms with Gasteiger partial charge in [-0.25, -0.2) is 0 Å². The molecule has 1 aromatic carbocycles. The van der Waals surface area contributed by atoms with Crippen molar-refractivity contribution in [1.29, 1.82) is 0 Å². The second-order valence-corrected chi connectivity index (χ2v) is 7.08. The first-order chi connectivity index (χ1) is 11.8. The Kier molecular flexibility index (Phi) is 11.8. The minimum atomic E-state index is 0.184. The fraction of sp³-hybridized carbons (Fsp3) is 0.714. The molecule has 0 radical (unpaired) electrons. The van der Waals surface area contributed by atoms with Crippen molar-refractivity contribution in [2.75, 3.05) is 32.8 Å². The molecule has 0 aliphatic rings. The summed E-state index contributed by atoms with van der Waals surface area (Å²) in [6.45, 7) is 6.03. The molecule has 0 bridgehead atoms. The standard InChI is InChI=1S/C21H38NO2/c1-2-3-4-5-6-7-8-12-15-22(16-18-23,17-19-24)20-21-13-10-9-11-14-21/h9-11,13-14,23-24H,2-8,12,15-20H2,1H3/q+1. The molecule has 0 spiro atoms. The summed E-state index contributed by atoms with van der Waals surface area (Å²) < 4.78 is 0.798. The van der Waals surface area contributed by atoms with E-state index in [1.54, 1.807) is 0 Å². The number of hydrogen-bond donors (Lipinski definition) is 2. The van der Waals surface area contributed by atoms with Gasteiger partial charge in [0.25, 0.3) is 0 Å².